The van der Waals surface area contributed by atoms with Gasteiger partial charge in [0.15, 0.2) is 5.96 Å². The molecule has 1 aliphatic heterocycles. The minimum Gasteiger partial charge on any atom is -0.370 e. The molecule has 0 saturated carbocycles. The summed E-state index contributed by atoms with van der Waals surface area (Å²) >= 11 is 0. The van der Waals surface area contributed by atoms with Crippen molar-refractivity contribution in [1.29, 1.82) is 0 Å². The van der Waals surface area contributed by atoms with E-state index in [4.69, 9.17) is 16.5 Å². The number of guanidine groups is 1. The van der Waals surface area contributed by atoms with E-state index in [-0.39, 0.29) is 11.9 Å². The van der Waals surface area contributed by atoms with Crippen molar-refractivity contribution in [3.8, 4) is 0 Å². The fraction of sp³-hybridized carbons (Fsp3) is 0.103. The minimum atomic E-state index is -0.599. The second kappa shape index (κ2) is 10.2. The van der Waals surface area contributed by atoms with Crippen LogP contribution in [-0.2, 0) is 17.8 Å². The number of benzene rings is 3. The third kappa shape index (κ3) is 5.00. The molecule has 1 amide bonds. The number of hydrogen-bond acceptors (Lipinski definition) is 4. The van der Waals surface area contributed by atoms with Gasteiger partial charge in [0, 0.05) is 18.2 Å². The number of hydrogen-bond donors (Lipinski definition) is 2. The van der Waals surface area contributed by atoms with Crippen molar-refractivity contribution in [2.45, 2.75) is 19.0 Å². The molecule has 3 aromatic carbocycles. The number of rotatable bonds is 6. The summed E-state index contributed by atoms with van der Waals surface area (Å²) < 4.78 is 0. The number of carbonyl (C=O) groups excluding carboxylic acids is 1. The maximum atomic E-state index is 14.0. The predicted octanol–water partition coefficient (Wildman–Crippen LogP) is 3.98. The summed E-state index contributed by atoms with van der Waals surface area (Å²) in [5, 5.41) is 0. The Balaban J connectivity index is 1.58. The Kier molecular flexibility index (Phi) is 6.53. The minimum absolute atomic E-state index is 0.00215. The second-order valence-corrected chi connectivity index (χ2v) is 8.54. The Morgan fingerprint density at radius 2 is 1.56 bits per heavy atom. The van der Waals surface area contributed by atoms with Gasteiger partial charge in [-0.3, -0.25) is 14.8 Å². The fourth-order valence-corrected chi connectivity index (χ4v) is 4.34. The number of benzodiazepines with no additional fused rings is 1. The maximum absolute atomic E-state index is 14.0. The molecule has 0 unspecified atom stereocenters. The molecule has 0 bridgehead atoms. The van der Waals surface area contributed by atoms with Crippen LogP contribution in [0, 0.1) is 0 Å². The van der Waals surface area contributed by atoms with E-state index in [2.05, 4.69) is 9.98 Å². The summed E-state index contributed by atoms with van der Waals surface area (Å²) in [5.41, 5.74) is 16.8. The smallest absolute Gasteiger partial charge is 0.252 e. The number of carbonyl (C=O) groups is 1. The molecule has 1 atom stereocenters. The lowest BCUT2D eigenvalue weighted by Crippen LogP contribution is -2.38. The lowest BCUT2D eigenvalue weighted by molar-refractivity contribution is -0.119. The monoisotopic (exact) mass is 474 g/mol. The van der Waals surface area contributed by atoms with Gasteiger partial charge in [0.2, 0.25) is 0 Å². The van der Waals surface area contributed by atoms with Gasteiger partial charge in [-0.05, 0) is 41.5 Å². The second-order valence-electron chi connectivity index (χ2n) is 8.54. The van der Waals surface area contributed by atoms with Crippen molar-refractivity contribution < 1.29 is 4.79 Å². The zero-order valence-corrected chi connectivity index (χ0v) is 19.7. The molecule has 0 fully saturated rings. The summed E-state index contributed by atoms with van der Waals surface area (Å²) in [5.74, 6) is -0.0622. The van der Waals surface area contributed by atoms with Crippen molar-refractivity contribution >= 4 is 29.0 Å². The van der Waals surface area contributed by atoms with Crippen molar-refractivity contribution in [2.24, 2.45) is 21.5 Å². The Labute approximate surface area is 209 Å². The molecule has 0 saturated heterocycles. The van der Waals surface area contributed by atoms with Gasteiger partial charge in [0.05, 0.1) is 29.3 Å². The molecule has 4 N–H and O–H groups in total. The summed E-state index contributed by atoms with van der Waals surface area (Å²) in [7, 11) is 0. The normalized spacial score (nSPS) is 15.0. The van der Waals surface area contributed by atoms with Crippen molar-refractivity contribution in [3.63, 3.8) is 0 Å². The Morgan fingerprint density at radius 3 is 2.28 bits per heavy atom. The molecular weight excluding hydrogens is 448 g/mol. The zero-order chi connectivity index (χ0) is 24.9. The number of aliphatic imine (C=N–C) groups is 2. The van der Waals surface area contributed by atoms with Gasteiger partial charge in [-0.2, -0.15) is 0 Å². The highest BCUT2D eigenvalue weighted by atomic mass is 16.2. The highest BCUT2D eigenvalue weighted by Gasteiger charge is 2.32. The van der Waals surface area contributed by atoms with Crippen molar-refractivity contribution in [2.75, 3.05) is 4.90 Å². The van der Waals surface area contributed by atoms with Gasteiger partial charge in [0.25, 0.3) is 5.91 Å². The molecule has 7 nitrogen and oxygen atoms in total. The van der Waals surface area contributed by atoms with Gasteiger partial charge in [-0.1, -0.05) is 66.7 Å². The predicted molar refractivity (Wildman–Crippen MR) is 143 cm³/mol. The number of fused-ring (bicyclic) bond motifs is 1. The number of para-hydroxylation sites is 1. The number of nitrogens with two attached hydrogens (primary N) is 2. The van der Waals surface area contributed by atoms with E-state index in [0.717, 1.165) is 28.1 Å². The highest BCUT2D eigenvalue weighted by Crippen LogP contribution is 2.30. The van der Waals surface area contributed by atoms with E-state index in [9.17, 15) is 4.79 Å². The van der Waals surface area contributed by atoms with Gasteiger partial charge in [-0.25, -0.2) is 4.99 Å². The Hall–Kier alpha value is -4.78. The third-order valence-electron chi connectivity index (χ3n) is 6.00. The molecule has 36 heavy (non-hydrogen) atoms. The molecule has 5 rings (SSSR count). The number of aromatic nitrogens is 1. The van der Waals surface area contributed by atoms with Gasteiger partial charge in [-0.15, -0.1) is 0 Å². The maximum Gasteiger partial charge on any atom is 0.252 e. The summed E-state index contributed by atoms with van der Waals surface area (Å²) in [6, 6.07) is 30.5. The van der Waals surface area contributed by atoms with E-state index in [0.29, 0.717) is 24.4 Å². The molecular formula is C29H26N6O. The van der Waals surface area contributed by atoms with E-state index in [1.54, 1.807) is 6.20 Å². The highest BCUT2D eigenvalue weighted by molar-refractivity contribution is 6.19. The first-order valence-electron chi connectivity index (χ1n) is 11.7. The molecule has 1 aliphatic rings. The van der Waals surface area contributed by atoms with Crippen LogP contribution in [0.2, 0.25) is 0 Å². The Bertz CT molecular complexity index is 1410. The van der Waals surface area contributed by atoms with E-state index in [1.165, 1.54) is 0 Å². The topological polar surface area (TPSA) is 110 Å². The van der Waals surface area contributed by atoms with Gasteiger partial charge in [0.1, 0.15) is 6.04 Å². The molecule has 1 aromatic heterocycles. The van der Waals surface area contributed by atoms with E-state index < -0.39 is 6.04 Å². The molecule has 0 spiro atoms. The zero-order valence-electron chi connectivity index (χ0n) is 19.7. The van der Waals surface area contributed by atoms with Crippen LogP contribution >= 0.6 is 0 Å². The van der Waals surface area contributed by atoms with Crippen LogP contribution in [0.15, 0.2) is 113 Å². The van der Waals surface area contributed by atoms with Crippen LogP contribution in [-0.4, -0.2) is 28.6 Å². The summed E-state index contributed by atoms with van der Waals surface area (Å²) in [6.07, 6.45) is 2.24. The molecule has 178 valence electrons. The number of anilines is 1. The van der Waals surface area contributed by atoms with Crippen LogP contribution in [0.25, 0.3) is 0 Å². The standard InChI is InChI=1S/C29H26N6O/c30-29(31)33-22-15-13-21(14-16-22)19-35-26-12-5-4-10-23(26)27(24-11-6-7-17-32-24)34-25(28(35)36)18-20-8-2-1-3-9-20/h1-17,25H,18-19H2,(H4,30,31,33)/t25-/m0/s1. The lowest BCUT2D eigenvalue weighted by Gasteiger charge is -2.25. The van der Waals surface area contributed by atoms with Gasteiger partial charge >= 0.3 is 0 Å². The number of nitrogens with zero attached hydrogens (tertiary/aromatic N) is 4. The average molecular weight is 475 g/mol. The first-order valence-corrected chi connectivity index (χ1v) is 11.7. The molecule has 4 aromatic rings. The quantitative estimate of drug-likeness (QED) is 0.325. The van der Waals surface area contributed by atoms with Crippen LogP contribution in [0.5, 0.6) is 0 Å². The first kappa shape index (κ1) is 23.0. The molecule has 7 heteroatoms. The average Bonchev–Trinajstić information content (AvgIpc) is 3.01. The molecule has 2 heterocycles. The molecule has 0 radical (unpaired) electrons. The van der Waals surface area contributed by atoms with Gasteiger partial charge < -0.3 is 16.4 Å². The van der Waals surface area contributed by atoms with Crippen molar-refractivity contribution in [3.05, 3.63) is 126 Å². The fourth-order valence-electron chi connectivity index (χ4n) is 4.34. The number of pyridine rings is 1. The van der Waals surface area contributed by atoms with Crippen molar-refractivity contribution in [1.82, 2.24) is 4.98 Å². The van der Waals surface area contributed by atoms with Crippen LogP contribution in [0.1, 0.15) is 22.4 Å². The summed E-state index contributed by atoms with van der Waals surface area (Å²) in [6.45, 7) is 0.383. The summed E-state index contributed by atoms with van der Waals surface area (Å²) in [4.78, 5) is 29.5. The van der Waals surface area contributed by atoms with Crippen LogP contribution in [0.3, 0.4) is 0 Å². The van der Waals surface area contributed by atoms with Crippen LogP contribution in [0.4, 0.5) is 11.4 Å². The largest absolute Gasteiger partial charge is 0.370 e. The Morgan fingerprint density at radius 1 is 0.833 bits per heavy atom. The SMILES string of the molecule is NC(N)=Nc1ccc(CN2C(=O)[C@H](Cc3ccccc3)N=C(c3ccccn3)c3ccccc32)cc1. The van der Waals surface area contributed by atoms with E-state index >= 15 is 0 Å². The molecule has 0 aliphatic carbocycles. The number of amides is 1. The van der Waals surface area contributed by atoms with Crippen LogP contribution < -0.4 is 16.4 Å². The van der Waals surface area contributed by atoms with E-state index in [1.807, 2.05) is 102 Å². The third-order valence-corrected chi connectivity index (χ3v) is 6.00. The lowest BCUT2D eigenvalue weighted by atomic mass is 10.0. The first-order chi connectivity index (χ1) is 17.6.